The second-order valence-electron chi connectivity index (χ2n) is 7.28. The molecule has 2 aliphatic heterocycles. The van der Waals surface area contributed by atoms with Crippen LogP contribution in [0.25, 0.3) is 0 Å². The molecule has 0 saturated carbocycles. The van der Waals surface area contributed by atoms with Crippen LogP contribution in [0.3, 0.4) is 0 Å². The third kappa shape index (κ3) is 3.99. The fraction of sp³-hybridized carbons (Fsp3) is 0.684. The second-order valence-corrected chi connectivity index (χ2v) is 7.28. The molecular formula is C19H28N2O4. The molecule has 1 atom stereocenters. The van der Waals surface area contributed by atoms with Crippen LogP contribution in [0.1, 0.15) is 51.7 Å². The van der Waals surface area contributed by atoms with Crippen molar-refractivity contribution >= 4 is 12.0 Å². The summed E-state index contributed by atoms with van der Waals surface area (Å²) in [6.07, 6.45) is 6.01. The van der Waals surface area contributed by atoms with E-state index in [0.717, 1.165) is 31.4 Å². The number of hydrogen-bond acceptors (Lipinski definition) is 4. The van der Waals surface area contributed by atoms with Crippen LogP contribution in [-0.2, 0) is 16.0 Å². The van der Waals surface area contributed by atoms with E-state index in [4.69, 9.17) is 9.15 Å². The number of aryl methyl sites for hydroxylation is 1. The van der Waals surface area contributed by atoms with Gasteiger partial charge in [-0.15, -0.1) is 0 Å². The predicted molar refractivity (Wildman–Crippen MR) is 93.1 cm³/mol. The highest BCUT2D eigenvalue weighted by Crippen LogP contribution is 2.34. The smallest absolute Gasteiger partial charge is 0.410 e. The largest absolute Gasteiger partial charge is 0.469 e. The van der Waals surface area contributed by atoms with E-state index in [0.29, 0.717) is 32.5 Å². The highest BCUT2D eigenvalue weighted by molar-refractivity contribution is 5.76. The molecule has 138 valence electrons. The van der Waals surface area contributed by atoms with Gasteiger partial charge in [0.05, 0.1) is 12.8 Å². The molecule has 2 aliphatic rings. The Morgan fingerprint density at radius 3 is 2.76 bits per heavy atom. The third-order valence-corrected chi connectivity index (χ3v) is 5.43. The van der Waals surface area contributed by atoms with Crippen LogP contribution in [0.2, 0.25) is 0 Å². The fourth-order valence-corrected chi connectivity index (χ4v) is 3.83. The van der Waals surface area contributed by atoms with Gasteiger partial charge in [-0.3, -0.25) is 4.79 Å². The molecule has 0 N–H and O–H groups in total. The van der Waals surface area contributed by atoms with E-state index >= 15 is 0 Å². The lowest BCUT2D eigenvalue weighted by atomic mass is 9.90. The summed E-state index contributed by atoms with van der Waals surface area (Å²) in [7, 11) is 0. The first kappa shape index (κ1) is 17.8. The fourth-order valence-electron chi connectivity index (χ4n) is 3.83. The predicted octanol–water partition coefficient (Wildman–Crippen LogP) is 3.21. The summed E-state index contributed by atoms with van der Waals surface area (Å²) in [4.78, 5) is 28.4. The van der Waals surface area contributed by atoms with Crippen LogP contribution < -0.4 is 0 Å². The molecule has 6 heteroatoms. The van der Waals surface area contributed by atoms with Crippen molar-refractivity contribution in [3.8, 4) is 0 Å². The van der Waals surface area contributed by atoms with Gasteiger partial charge < -0.3 is 19.0 Å². The maximum absolute atomic E-state index is 12.4. The Balaban J connectivity index is 1.49. The lowest BCUT2D eigenvalue weighted by molar-refractivity contribution is -0.134. The topological polar surface area (TPSA) is 63.0 Å². The van der Waals surface area contributed by atoms with Gasteiger partial charge in [-0.1, -0.05) is 13.3 Å². The molecule has 1 spiro atoms. The summed E-state index contributed by atoms with van der Waals surface area (Å²) in [6, 6.07) is 3.94. The summed E-state index contributed by atoms with van der Waals surface area (Å²) in [5.41, 5.74) is -0.406. The zero-order chi connectivity index (χ0) is 17.9. The highest BCUT2D eigenvalue weighted by Gasteiger charge is 2.48. The summed E-state index contributed by atoms with van der Waals surface area (Å²) >= 11 is 0. The molecule has 0 bridgehead atoms. The molecule has 3 rings (SSSR count). The third-order valence-electron chi connectivity index (χ3n) is 5.43. The molecule has 2 saturated heterocycles. The van der Waals surface area contributed by atoms with E-state index in [1.165, 1.54) is 0 Å². The van der Waals surface area contributed by atoms with Crippen LogP contribution >= 0.6 is 0 Å². The maximum atomic E-state index is 12.4. The number of ether oxygens (including phenoxy) is 1. The van der Waals surface area contributed by atoms with E-state index in [1.807, 2.05) is 21.9 Å². The quantitative estimate of drug-likeness (QED) is 0.792. The number of hydrogen-bond donors (Lipinski definition) is 0. The summed E-state index contributed by atoms with van der Waals surface area (Å²) < 4.78 is 11.0. The van der Waals surface area contributed by atoms with Crippen molar-refractivity contribution in [3.63, 3.8) is 0 Å². The van der Waals surface area contributed by atoms with Gasteiger partial charge in [0.2, 0.25) is 5.91 Å². The number of amides is 2. The standard InChI is InChI=1S/C19H28N2O4/c1-3-5-15(2)21-14-19(25-18(21)23)9-11-20(12-10-19)17(22)8-7-16-6-4-13-24-16/h4,6,13,15H,3,5,7-12,14H2,1-2H3/t15-/m1/s1. The van der Waals surface area contributed by atoms with Crippen LogP contribution in [0.5, 0.6) is 0 Å². The molecule has 0 aromatic carbocycles. The van der Waals surface area contributed by atoms with Gasteiger partial charge in [-0.05, 0) is 25.5 Å². The van der Waals surface area contributed by atoms with Crippen molar-refractivity contribution in [2.24, 2.45) is 0 Å². The second kappa shape index (κ2) is 7.50. The van der Waals surface area contributed by atoms with Crippen molar-refractivity contribution in [3.05, 3.63) is 24.2 Å². The van der Waals surface area contributed by atoms with Crippen molar-refractivity contribution in [1.29, 1.82) is 0 Å². The molecule has 2 amide bonds. The SMILES string of the molecule is CCC[C@@H](C)N1CC2(CCN(C(=O)CCc3ccco3)CC2)OC1=O. The van der Waals surface area contributed by atoms with Crippen molar-refractivity contribution in [1.82, 2.24) is 9.80 Å². The first-order valence-corrected chi connectivity index (χ1v) is 9.33. The summed E-state index contributed by atoms with van der Waals surface area (Å²) in [5, 5.41) is 0. The Kier molecular flexibility index (Phi) is 5.35. The van der Waals surface area contributed by atoms with E-state index in [9.17, 15) is 9.59 Å². The zero-order valence-corrected chi connectivity index (χ0v) is 15.2. The van der Waals surface area contributed by atoms with Crippen LogP contribution in [0.4, 0.5) is 4.79 Å². The number of piperidine rings is 1. The van der Waals surface area contributed by atoms with Crippen molar-refractivity contribution in [2.45, 2.75) is 64.0 Å². The molecule has 1 aromatic heterocycles. The van der Waals surface area contributed by atoms with Crippen molar-refractivity contribution < 1.29 is 18.7 Å². The van der Waals surface area contributed by atoms with Gasteiger partial charge in [0.1, 0.15) is 11.4 Å². The molecule has 25 heavy (non-hydrogen) atoms. The number of rotatable bonds is 6. The Bertz CT molecular complexity index is 591. The molecule has 0 aliphatic carbocycles. The number of nitrogens with zero attached hydrogens (tertiary/aromatic N) is 2. The molecule has 3 heterocycles. The lowest BCUT2D eigenvalue weighted by Gasteiger charge is -2.37. The van der Waals surface area contributed by atoms with Gasteiger partial charge in [-0.25, -0.2) is 4.79 Å². The Morgan fingerprint density at radius 2 is 2.12 bits per heavy atom. The minimum atomic E-state index is -0.406. The minimum Gasteiger partial charge on any atom is -0.469 e. The average Bonchev–Trinajstić information content (AvgIpc) is 3.22. The van der Waals surface area contributed by atoms with Gasteiger partial charge in [0.25, 0.3) is 0 Å². The van der Waals surface area contributed by atoms with Crippen molar-refractivity contribution in [2.75, 3.05) is 19.6 Å². The Hall–Kier alpha value is -1.98. The molecule has 6 nitrogen and oxygen atoms in total. The first-order valence-electron chi connectivity index (χ1n) is 9.33. The normalized spacial score (nSPS) is 20.8. The van der Waals surface area contributed by atoms with Crippen LogP contribution in [-0.4, -0.2) is 53.1 Å². The number of carbonyl (C=O) groups is 2. The molecule has 0 unspecified atom stereocenters. The lowest BCUT2D eigenvalue weighted by Crippen LogP contribution is -2.49. The molecular weight excluding hydrogens is 320 g/mol. The summed E-state index contributed by atoms with van der Waals surface area (Å²) in [6.45, 7) is 6.17. The van der Waals surface area contributed by atoms with Gasteiger partial charge in [0.15, 0.2) is 0 Å². The van der Waals surface area contributed by atoms with E-state index in [2.05, 4.69) is 13.8 Å². The molecule has 0 radical (unpaired) electrons. The highest BCUT2D eigenvalue weighted by atomic mass is 16.6. The average molecular weight is 348 g/mol. The van der Waals surface area contributed by atoms with Gasteiger partial charge >= 0.3 is 6.09 Å². The number of likely N-dealkylation sites (tertiary alicyclic amines) is 1. The van der Waals surface area contributed by atoms with E-state index < -0.39 is 5.60 Å². The monoisotopic (exact) mass is 348 g/mol. The Morgan fingerprint density at radius 1 is 1.36 bits per heavy atom. The number of furan rings is 1. The summed E-state index contributed by atoms with van der Waals surface area (Å²) in [5.74, 6) is 0.985. The molecule has 1 aromatic rings. The van der Waals surface area contributed by atoms with Crippen LogP contribution in [0, 0.1) is 0 Å². The van der Waals surface area contributed by atoms with Gasteiger partial charge in [0, 0.05) is 44.8 Å². The molecule has 2 fully saturated rings. The maximum Gasteiger partial charge on any atom is 0.410 e. The Labute approximate surface area is 149 Å². The van der Waals surface area contributed by atoms with E-state index in [1.54, 1.807) is 6.26 Å². The number of carbonyl (C=O) groups excluding carboxylic acids is 2. The van der Waals surface area contributed by atoms with E-state index in [-0.39, 0.29) is 18.0 Å². The zero-order valence-electron chi connectivity index (χ0n) is 15.2. The van der Waals surface area contributed by atoms with Crippen LogP contribution in [0.15, 0.2) is 22.8 Å². The van der Waals surface area contributed by atoms with Gasteiger partial charge in [-0.2, -0.15) is 0 Å². The first-order chi connectivity index (χ1) is 12.0. The minimum absolute atomic E-state index is 0.145.